The highest BCUT2D eigenvalue weighted by Crippen LogP contribution is 2.14. The lowest BCUT2D eigenvalue weighted by atomic mass is 10.1. The van der Waals surface area contributed by atoms with Gasteiger partial charge in [0.2, 0.25) is 0 Å². The lowest BCUT2D eigenvalue weighted by molar-refractivity contribution is 0.145. The van der Waals surface area contributed by atoms with Gasteiger partial charge < -0.3 is 19.5 Å². The Hall–Kier alpha value is -2.34. The third-order valence-electron chi connectivity index (χ3n) is 4.36. The summed E-state index contributed by atoms with van der Waals surface area (Å²) < 4.78 is 7.26. The maximum atomic E-state index is 12.4. The van der Waals surface area contributed by atoms with E-state index in [1.807, 2.05) is 13.1 Å². The van der Waals surface area contributed by atoms with E-state index in [4.69, 9.17) is 4.74 Å². The number of nitrogens with zero attached hydrogens (tertiary/aromatic N) is 3. The van der Waals surface area contributed by atoms with Gasteiger partial charge in [-0.1, -0.05) is 30.7 Å². The zero-order valence-corrected chi connectivity index (χ0v) is 16.3. The molecule has 2 amide bonds. The van der Waals surface area contributed by atoms with Gasteiger partial charge >= 0.3 is 6.03 Å². The molecule has 2 rings (SSSR count). The van der Waals surface area contributed by atoms with E-state index < -0.39 is 0 Å². The first-order chi connectivity index (χ1) is 12.5. The summed E-state index contributed by atoms with van der Waals surface area (Å²) >= 11 is 0. The second kappa shape index (κ2) is 9.97. The summed E-state index contributed by atoms with van der Waals surface area (Å²) in [5, 5.41) is 2.93. The summed E-state index contributed by atoms with van der Waals surface area (Å²) in [6.45, 7) is 9.15. The van der Waals surface area contributed by atoms with Crippen molar-refractivity contribution in [3.05, 3.63) is 53.1 Å². The molecule has 0 aliphatic heterocycles. The minimum atomic E-state index is -0.0785. The van der Waals surface area contributed by atoms with Crippen molar-refractivity contribution in [1.29, 1.82) is 0 Å². The molecule has 1 heterocycles. The second-order valence-electron chi connectivity index (χ2n) is 6.55. The van der Waals surface area contributed by atoms with Gasteiger partial charge in [-0.15, -0.1) is 0 Å². The number of amides is 2. The van der Waals surface area contributed by atoms with Gasteiger partial charge in [-0.2, -0.15) is 0 Å². The Morgan fingerprint density at radius 2 is 2.15 bits per heavy atom. The molecule has 26 heavy (non-hydrogen) atoms. The lowest BCUT2D eigenvalue weighted by Gasteiger charge is -2.23. The van der Waals surface area contributed by atoms with E-state index in [1.165, 1.54) is 16.7 Å². The average molecular weight is 358 g/mol. The van der Waals surface area contributed by atoms with Crippen molar-refractivity contribution in [1.82, 2.24) is 19.8 Å². The van der Waals surface area contributed by atoms with E-state index in [9.17, 15) is 4.79 Å². The molecule has 1 N–H and O–H groups in total. The highest BCUT2D eigenvalue weighted by Gasteiger charge is 2.16. The molecule has 0 unspecified atom stereocenters. The van der Waals surface area contributed by atoms with Gasteiger partial charge in [-0.3, -0.25) is 0 Å². The topological polar surface area (TPSA) is 59.4 Å². The van der Waals surface area contributed by atoms with Crippen LogP contribution in [0.15, 0.2) is 30.6 Å². The number of carbonyl (C=O) groups is 1. The molecule has 0 aliphatic carbocycles. The maximum absolute atomic E-state index is 12.4. The molecule has 1 aromatic carbocycles. The quantitative estimate of drug-likeness (QED) is 0.749. The number of carbonyl (C=O) groups excluding carboxylic acids is 1. The minimum absolute atomic E-state index is 0.0785. The van der Waals surface area contributed by atoms with E-state index in [-0.39, 0.29) is 6.03 Å². The lowest BCUT2D eigenvalue weighted by Crippen LogP contribution is -2.42. The van der Waals surface area contributed by atoms with Crippen LogP contribution in [-0.2, 0) is 17.8 Å². The second-order valence-corrected chi connectivity index (χ2v) is 6.55. The summed E-state index contributed by atoms with van der Waals surface area (Å²) in [6.07, 6.45) is 4.67. The number of imidazole rings is 1. The number of aromatic nitrogens is 2. The summed E-state index contributed by atoms with van der Waals surface area (Å²) in [7, 11) is 1.64. The standard InChI is InChI=1S/C20H30N4O2/c1-5-8-22-20(25)24(11-12-26-4)15-19-21-9-10-23(19)14-18-13-16(2)6-7-17(18)3/h6-7,9-10,13H,5,8,11-12,14-15H2,1-4H3,(H,22,25). The van der Waals surface area contributed by atoms with Gasteiger partial charge in [0, 0.05) is 39.1 Å². The maximum Gasteiger partial charge on any atom is 0.317 e. The molecular formula is C20H30N4O2. The highest BCUT2D eigenvalue weighted by atomic mass is 16.5. The van der Waals surface area contributed by atoms with Crippen molar-refractivity contribution in [3.8, 4) is 0 Å². The molecule has 0 saturated heterocycles. The fourth-order valence-corrected chi connectivity index (χ4v) is 2.76. The first-order valence-corrected chi connectivity index (χ1v) is 9.13. The zero-order chi connectivity index (χ0) is 18.9. The van der Waals surface area contributed by atoms with Gasteiger partial charge in [-0.05, 0) is 31.4 Å². The molecule has 1 aromatic heterocycles. The van der Waals surface area contributed by atoms with Gasteiger partial charge in [0.25, 0.3) is 0 Å². The number of aryl methyl sites for hydroxylation is 2. The highest BCUT2D eigenvalue weighted by molar-refractivity contribution is 5.74. The van der Waals surface area contributed by atoms with Crippen LogP contribution in [0.3, 0.4) is 0 Å². The molecule has 0 spiro atoms. The predicted octanol–water partition coefficient (Wildman–Crippen LogP) is 3.12. The monoisotopic (exact) mass is 358 g/mol. The van der Waals surface area contributed by atoms with Crippen LogP contribution in [-0.4, -0.2) is 47.3 Å². The first kappa shape index (κ1) is 20.0. The van der Waals surface area contributed by atoms with E-state index in [1.54, 1.807) is 18.2 Å². The van der Waals surface area contributed by atoms with Crippen molar-refractivity contribution in [2.24, 2.45) is 0 Å². The van der Waals surface area contributed by atoms with Crippen LogP contribution >= 0.6 is 0 Å². The number of benzene rings is 1. The third kappa shape index (κ3) is 5.59. The number of ether oxygens (including phenoxy) is 1. The van der Waals surface area contributed by atoms with Crippen molar-refractivity contribution < 1.29 is 9.53 Å². The molecule has 6 heteroatoms. The largest absolute Gasteiger partial charge is 0.383 e. The van der Waals surface area contributed by atoms with Crippen LogP contribution in [0.4, 0.5) is 4.79 Å². The van der Waals surface area contributed by atoms with E-state index in [0.717, 1.165) is 18.8 Å². The van der Waals surface area contributed by atoms with Crippen molar-refractivity contribution in [2.45, 2.75) is 40.3 Å². The molecule has 0 aliphatic rings. The van der Waals surface area contributed by atoms with Gasteiger partial charge in [0.1, 0.15) is 5.82 Å². The van der Waals surface area contributed by atoms with Gasteiger partial charge in [0.15, 0.2) is 0 Å². The molecule has 6 nitrogen and oxygen atoms in total. The Morgan fingerprint density at radius 1 is 1.35 bits per heavy atom. The third-order valence-corrected chi connectivity index (χ3v) is 4.36. The van der Waals surface area contributed by atoms with E-state index in [2.05, 4.69) is 46.9 Å². The van der Waals surface area contributed by atoms with Crippen LogP contribution in [0.5, 0.6) is 0 Å². The predicted molar refractivity (Wildman–Crippen MR) is 103 cm³/mol. The minimum Gasteiger partial charge on any atom is -0.383 e. The van der Waals surface area contributed by atoms with Crippen LogP contribution in [0.1, 0.15) is 35.9 Å². The number of hydrogen-bond donors (Lipinski definition) is 1. The number of hydrogen-bond acceptors (Lipinski definition) is 3. The van der Waals surface area contributed by atoms with Crippen molar-refractivity contribution in [2.75, 3.05) is 26.8 Å². The Labute approximate surface area is 156 Å². The zero-order valence-electron chi connectivity index (χ0n) is 16.3. The van der Waals surface area contributed by atoms with Crippen molar-refractivity contribution in [3.63, 3.8) is 0 Å². The SMILES string of the molecule is CCCNC(=O)N(CCOC)Cc1nccn1Cc1cc(C)ccc1C. The first-order valence-electron chi connectivity index (χ1n) is 9.13. The number of rotatable bonds is 9. The van der Waals surface area contributed by atoms with Crippen molar-refractivity contribution >= 4 is 6.03 Å². The van der Waals surface area contributed by atoms with Gasteiger partial charge in [-0.25, -0.2) is 9.78 Å². The molecule has 0 saturated carbocycles. The number of nitrogens with one attached hydrogen (secondary N) is 1. The van der Waals surface area contributed by atoms with E-state index >= 15 is 0 Å². The van der Waals surface area contributed by atoms with E-state index in [0.29, 0.717) is 26.2 Å². The molecule has 142 valence electrons. The van der Waals surface area contributed by atoms with Gasteiger partial charge in [0.05, 0.1) is 13.2 Å². The summed E-state index contributed by atoms with van der Waals surface area (Å²) in [5.41, 5.74) is 3.77. The summed E-state index contributed by atoms with van der Waals surface area (Å²) in [5.74, 6) is 0.869. The van der Waals surface area contributed by atoms with Crippen LogP contribution in [0.25, 0.3) is 0 Å². The normalized spacial score (nSPS) is 10.8. The fourth-order valence-electron chi connectivity index (χ4n) is 2.76. The smallest absolute Gasteiger partial charge is 0.317 e. The molecule has 0 fully saturated rings. The summed E-state index contributed by atoms with van der Waals surface area (Å²) in [6, 6.07) is 6.39. The Balaban J connectivity index is 2.13. The molecule has 0 radical (unpaired) electrons. The Kier molecular flexibility index (Phi) is 7.66. The van der Waals surface area contributed by atoms with Crippen LogP contribution < -0.4 is 5.32 Å². The Bertz CT molecular complexity index is 712. The fraction of sp³-hybridized carbons (Fsp3) is 0.500. The Morgan fingerprint density at radius 3 is 2.88 bits per heavy atom. The number of urea groups is 1. The molecule has 0 atom stereocenters. The number of methoxy groups -OCH3 is 1. The average Bonchev–Trinajstić information content (AvgIpc) is 3.06. The summed E-state index contributed by atoms with van der Waals surface area (Å²) in [4.78, 5) is 18.7. The van der Waals surface area contributed by atoms with Crippen LogP contribution in [0.2, 0.25) is 0 Å². The van der Waals surface area contributed by atoms with Crippen LogP contribution in [0, 0.1) is 13.8 Å². The molecular weight excluding hydrogens is 328 g/mol. The molecule has 2 aromatic rings. The molecule has 0 bridgehead atoms.